The van der Waals surface area contributed by atoms with Crippen LogP contribution in [0, 0.1) is 0 Å². The molecule has 1 saturated carbocycles. The highest BCUT2D eigenvalue weighted by Gasteiger charge is 2.25. The highest BCUT2D eigenvalue weighted by Crippen LogP contribution is 2.29. The number of benzene rings is 1. The van der Waals surface area contributed by atoms with Crippen molar-refractivity contribution in [2.45, 2.75) is 44.7 Å². The number of phenols is 1. The molecule has 1 aliphatic heterocycles. The molecule has 2 aliphatic rings. The topological polar surface area (TPSA) is 23.5 Å². The molecule has 2 nitrogen and oxygen atoms in total. The number of hydrogen-bond acceptors (Lipinski definition) is 2. The smallest absolute Gasteiger partial charge is 0.115 e. The van der Waals surface area contributed by atoms with Crippen molar-refractivity contribution >= 4 is 0 Å². The van der Waals surface area contributed by atoms with Crippen molar-refractivity contribution < 1.29 is 5.11 Å². The van der Waals surface area contributed by atoms with Crippen molar-refractivity contribution in [2.75, 3.05) is 6.54 Å². The third-order valence-corrected chi connectivity index (χ3v) is 4.07. The van der Waals surface area contributed by atoms with Crippen LogP contribution in [-0.4, -0.2) is 22.6 Å². The summed E-state index contributed by atoms with van der Waals surface area (Å²) in [6.45, 7) is 2.23. The van der Waals surface area contributed by atoms with E-state index in [2.05, 4.69) is 11.0 Å². The molecule has 1 fully saturated rings. The van der Waals surface area contributed by atoms with Gasteiger partial charge < -0.3 is 5.11 Å². The van der Waals surface area contributed by atoms with Crippen LogP contribution in [0.15, 0.2) is 18.2 Å². The summed E-state index contributed by atoms with van der Waals surface area (Å²) in [5.74, 6) is 0.409. The Labute approximate surface area is 96.9 Å². The van der Waals surface area contributed by atoms with Gasteiger partial charge >= 0.3 is 0 Å². The average Bonchev–Trinajstić information content (AvgIpc) is 2.81. The molecule has 1 aromatic carbocycles. The maximum atomic E-state index is 9.52. The molecule has 0 amide bonds. The Bertz CT molecular complexity index is 382. The van der Waals surface area contributed by atoms with Gasteiger partial charge in [0, 0.05) is 19.1 Å². The summed E-state index contributed by atoms with van der Waals surface area (Å²) in [6, 6.07) is 6.63. The second-order valence-electron chi connectivity index (χ2n) is 5.11. The average molecular weight is 217 g/mol. The van der Waals surface area contributed by atoms with Gasteiger partial charge in [0.25, 0.3) is 0 Å². The highest BCUT2D eigenvalue weighted by molar-refractivity contribution is 5.36. The van der Waals surface area contributed by atoms with Gasteiger partial charge in [0.2, 0.25) is 0 Å². The maximum absolute atomic E-state index is 9.52. The molecule has 0 spiro atoms. The zero-order valence-electron chi connectivity index (χ0n) is 9.65. The SMILES string of the molecule is Oc1ccc2c(c1)CN(C1CCCC1)CC2. The number of rotatable bonds is 1. The first-order valence-electron chi connectivity index (χ1n) is 6.38. The molecule has 0 unspecified atom stereocenters. The molecule has 0 atom stereocenters. The van der Waals surface area contributed by atoms with Crippen molar-refractivity contribution in [1.29, 1.82) is 0 Å². The number of hydrogen-bond donors (Lipinski definition) is 1. The summed E-state index contributed by atoms with van der Waals surface area (Å²) in [6.07, 6.45) is 6.68. The molecule has 16 heavy (non-hydrogen) atoms. The third kappa shape index (κ3) is 1.82. The molecule has 0 radical (unpaired) electrons. The minimum atomic E-state index is 0.409. The second-order valence-corrected chi connectivity index (χ2v) is 5.11. The number of fused-ring (bicyclic) bond motifs is 1. The van der Waals surface area contributed by atoms with Crippen molar-refractivity contribution in [3.05, 3.63) is 29.3 Å². The van der Waals surface area contributed by atoms with Crippen LogP contribution in [0.3, 0.4) is 0 Å². The van der Waals surface area contributed by atoms with Crippen molar-refractivity contribution in [1.82, 2.24) is 4.90 Å². The largest absolute Gasteiger partial charge is 0.508 e. The van der Waals surface area contributed by atoms with Gasteiger partial charge in [-0.1, -0.05) is 18.9 Å². The van der Waals surface area contributed by atoms with Crippen LogP contribution in [0.4, 0.5) is 0 Å². The second kappa shape index (κ2) is 4.10. The fraction of sp³-hybridized carbons (Fsp3) is 0.571. The Morgan fingerprint density at radius 1 is 1.12 bits per heavy atom. The van der Waals surface area contributed by atoms with E-state index in [1.54, 1.807) is 0 Å². The minimum absolute atomic E-state index is 0.409. The fourth-order valence-corrected chi connectivity index (χ4v) is 3.15. The monoisotopic (exact) mass is 217 g/mol. The molecule has 1 aliphatic carbocycles. The van der Waals surface area contributed by atoms with Crippen LogP contribution in [0.25, 0.3) is 0 Å². The van der Waals surface area contributed by atoms with Crippen molar-refractivity contribution in [3.8, 4) is 5.75 Å². The van der Waals surface area contributed by atoms with Gasteiger partial charge in [-0.2, -0.15) is 0 Å². The fourth-order valence-electron chi connectivity index (χ4n) is 3.15. The van der Waals surface area contributed by atoms with E-state index in [0.29, 0.717) is 5.75 Å². The predicted molar refractivity (Wildman–Crippen MR) is 64.5 cm³/mol. The highest BCUT2D eigenvalue weighted by atomic mass is 16.3. The Morgan fingerprint density at radius 2 is 1.94 bits per heavy atom. The van der Waals surface area contributed by atoms with Gasteiger partial charge in [0.1, 0.15) is 5.75 Å². The first-order valence-corrected chi connectivity index (χ1v) is 6.38. The maximum Gasteiger partial charge on any atom is 0.115 e. The molecular formula is C14H19NO. The van der Waals surface area contributed by atoms with Crippen LogP contribution in [-0.2, 0) is 13.0 Å². The molecule has 0 aromatic heterocycles. The summed E-state index contributed by atoms with van der Waals surface area (Å²) >= 11 is 0. The molecule has 0 saturated heterocycles. The number of nitrogens with zero attached hydrogens (tertiary/aromatic N) is 1. The lowest BCUT2D eigenvalue weighted by Crippen LogP contribution is -2.37. The Kier molecular flexibility index (Phi) is 2.60. The standard InChI is InChI=1S/C14H19NO/c16-14-6-5-11-7-8-15(10-12(11)9-14)13-3-1-2-4-13/h5-6,9,13,16H,1-4,7-8,10H2. The van der Waals surface area contributed by atoms with E-state index in [4.69, 9.17) is 0 Å². The van der Waals surface area contributed by atoms with E-state index >= 15 is 0 Å². The molecule has 1 N–H and O–H groups in total. The lowest BCUT2D eigenvalue weighted by Gasteiger charge is -2.33. The van der Waals surface area contributed by atoms with E-state index in [-0.39, 0.29) is 0 Å². The van der Waals surface area contributed by atoms with Crippen LogP contribution in [0.5, 0.6) is 5.75 Å². The van der Waals surface area contributed by atoms with Crippen LogP contribution in [0.2, 0.25) is 0 Å². The van der Waals surface area contributed by atoms with Crippen molar-refractivity contribution in [3.63, 3.8) is 0 Å². The van der Waals surface area contributed by atoms with Crippen LogP contribution >= 0.6 is 0 Å². The Balaban J connectivity index is 1.79. The van der Waals surface area contributed by atoms with Gasteiger partial charge in [-0.05, 0) is 42.5 Å². The zero-order chi connectivity index (χ0) is 11.0. The van der Waals surface area contributed by atoms with E-state index in [1.165, 1.54) is 43.4 Å². The Morgan fingerprint density at radius 3 is 2.75 bits per heavy atom. The van der Waals surface area contributed by atoms with Crippen LogP contribution < -0.4 is 0 Å². The van der Waals surface area contributed by atoms with Gasteiger partial charge in [-0.3, -0.25) is 4.90 Å². The first kappa shape index (κ1) is 10.2. The summed E-state index contributed by atoms with van der Waals surface area (Å²) in [7, 11) is 0. The van der Waals surface area contributed by atoms with E-state index in [0.717, 1.165) is 19.0 Å². The summed E-state index contributed by atoms with van der Waals surface area (Å²) in [4.78, 5) is 2.61. The van der Waals surface area contributed by atoms with Gasteiger partial charge in [-0.25, -0.2) is 0 Å². The molecule has 1 heterocycles. The Hall–Kier alpha value is -1.02. The lowest BCUT2D eigenvalue weighted by atomic mass is 9.98. The molecule has 0 bridgehead atoms. The van der Waals surface area contributed by atoms with E-state index in [1.807, 2.05) is 12.1 Å². The molecule has 1 aromatic rings. The van der Waals surface area contributed by atoms with Gasteiger partial charge in [-0.15, -0.1) is 0 Å². The summed E-state index contributed by atoms with van der Waals surface area (Å²) < 4.78 is 0. The van der Waals surface area contributed by atoms with E-state index < -0.39 is 0 Å². The number of aromatic hydroxyl groups is 1. The molecule has 2 heteroatoms. The minimum Gasteiger partial charge on any atom is -0.508 e. The molecular weight excluding hydrogens is 198 g/mol. The zero-order valence-corrected chi connectivity index (χ0v) is 9.65. The molecule has 86 valence electrons. The lowest BCUT2D eigenvalue weighted by molar-refractivity contribution is 0.181. The summed E-state index contributed by atoms with van der Waals surface area (Å²) in [5, 5.41) is 9.52. The van der Waals surface area contributed by atoms with E-state index in [9.17, 15) is 5.11 Å². The quantitative estimate of drug-likeness (QED) is 0.781. The van der Waals surface area contributed by atoms with Crippen LogP contribution in [0.1, 0.15) is 36.8 Å². The third-order valence-electron chi connectivity index (χ3n) is 4.07. The van der Waals surface area contributed by atoms with Crippen molar-refractivity contribution in [2.24, 2.45) is 0 Å². The van der Waals surface area contributed by atoms with Gasteiger partial charge in [0.15, 0.2) is 0 Å². The number of phenolic OH excluding ortho intramolecular Hbond substituents is 1. The van der Waals surface area contributed by atoms with Gasteiger partial charge in [0.05, 0.1) is 0 Å². The molecule has 3 rings (SSSR count). The summed E-state index contributed by atoms with van der Waals surface area (Å²) in [5.41, 5.74) is 2.75. The normalized spacial score (nSPS) is 22.2. The predicted octanol–water partition coefficient (Wildman–Crippen LogP) is 2.69. The first-order chi connectivity index (χ1) is 7.83.